The van der Waals surface area contributed by atoms with E-state index in [1.807, 2.05) is 0 Å². The van der Waals surface area contributed by atoms with Gasteiger partial charge in [-0.05, 0) is 70.0 Å². The van der Waals surface area contributed by atoms with Gasteiger partial charge in [0, 0.05) is 25.9 Å². The number of hydrogen-bond acceptors (Lipinski definition) is 4. The molecule has 0 bridgehead atoms. The first-order valence-corrected chi connectivity index (χ1v) is 19.1. The third-order valence-electron chi connectivity index (χ3n) is 7.05. The summed E-state index contributed by atoms with van der Waals surface area (Å²) < 4.78 is 21.5. The summed E-state index contributed by atoms with van der Waals surface area (Å²) >= 11 is 0. The summed E-state index contributed by atoms with van der Waals surface area (Å²) in [4.78, 5) is 0. The van der Waals surface area contributed by atoms with Crippen LogP contribution >= 0.6 is 0 Å². The molecule has 0 unspecified atom stereocenters. The van der Waals surface area contributed by atoms with Gasteiger partial charge in [-0.25, -0.2) is 0 Å². The average molecular weight is 450 g/mol. The molecule has 0 amide bonds. The van der Waals surface area contributed by atoms with Crippen molar-refractivity contribution in [1.82, 2.24) is 4.23 Å². The molecule has 7 heteroatoms. The molecule has 0 radical (unpaired) electrons. The van der Waals surface area contributed by atoms with Gasteiger partial charge in [0.2, 0.25) is 0 Å². The van der Waals surface area contributed by atoms with Crippen LogP contribution in [0.2, 0.25) is 42.3 Å². The van der Waals surface area contributed by atoms with E-state index in [4.69, 9.17) is 13.3 Å². The maximum atomic E-state index is 6.12. The molecule has 0 rings (SSSR count). The third-order valence-corrected chi connectivity index (χ3v) is 23.7. The average Bonchev–Trinajstić information content (AvgIpc) is 2.71. The largest absolute Gasteiger partial charge is 0.500 e. The third kappa shape index (κ3) is 7.03. The molecule has 0 aromatic rings. The van der Waals surface area contributed by atoms with E-state index < -0.39 is 25.3 Å². The zero-order valence-electron chi connectivity index (χ0n) is 20.7. The highest BCUT2D eigenvalue weighted by Crippen LogP contribution is 2.36. The lowest BCUT2D eigenvalue weighted by molar-refractivity contribution is 0.0706. The zero-order valence-corrected chi connectivity index (χ0v) is 23.7. The van der Waals surface area contributed by atoms with Gasteiger partial charge in [-0.15, -0.1) is 0 Å². The topological polar surface area (TPSA) is 30.9 Å². The molecule has 0 aliphatic heterocycles. The van der Waals surface area contributed by atoms with Crippen molar-refractivity contribution in [3.8, 4) is 0 Å². The summed E-state index contributed by atoms with van der Waals surface area (Å²) in [5, 5.41) is 0. The highest BCUT2D eigenvalue weighted by atomic mass is 28.4. The monoisotopic (exact) mass is 449 g/mol. The summed E-state index contributed by atoms with van der Waals surface area (Å²) in [6.07, 6.45) is 1.13. The molecule has 0 aromatic heterocycles. The van der Waals surface area contributed by atoms with Crippen molar-refractivity contribution in [2.24, 2.45) is 0 Å². The van der Waals surface area contributed by atoms with Gasteiger partial charge in [0.1, 0.15) is 16.5 Å². The molecule has 0 saturated carbocycles. The maximum absolute atomic E-state index is 6.12. The molecule has 0 atom stereocenters. The second-order valence-corrected chi connectivity index (χ2v) is 21.2. The van der Waals surface area contributed by atoms with Gasteiger partial charge in [-0.3, -0.25) is 0 Å². The van der Waals surface area contributed by atoms with Crippen LogP contribution in [0.3, 0.4) is 0 Å². The Bertz CT molecular complexity index is 338. The standard InChI is InChI=1S/C21H51NO3Si3/c1-10-23-28(24-11-2,25-12-3)21-19-20-22(26(13-4,14-5)15-6)27(16-7,17-8)18-9/h10-21H2,1-9H3. The smallest absolute Gasteiger partial charge is 0.374 e. The normalized spacial score (nSPS) is 13.5. The number of rotatable bonds is 18. The lowest BCUT2D eigenvalue weighted by atomic mass is 10.5. The van der Waals surface area contributed by atoms with Crippen LogP contribution in [-0.2, 0) is 13.3 Å². The first kappa shape index (κ1) is 28.5. The van der Waals surface area contributed by atoms with E-state index in [2.05, 4.69) is 66.5 Å². The Morgan fingerprint density at radius 3 is 1.11 bits per heavy atom. The molecule has 0 aliphatic rings. The fraction of sp³-hybridized carbons (Fsp3) is 1.00. The van der Waals surface area contributed by atoms with E-state index in [1.165, 1.54) is 42.8 Å². The van der Waals surface area contributed by atoms with Gasteiger partial charge in [-0.1, -0.05) is 41.5 Å². The summed E-state index contributed by atoms with van der Waals surface area (Å²) in [5.41, 5.74) is 0. The summed E-state index contributed by atoms with van der Waals surface area (Å²) in [6.45, 7) is 24.1. The van der Waals surface area contributed by atoms with Crippen LogP contribution < -0.4 is 0 Å². The Labute approximate surface area is 180 Å². The Kier molecular flexibility index (Phi) is 14.7. The van der Waals surface area contributed by atoms with Gasteiger partial charge < -0.3 is 17.5 Å². The fourth-order valence-electron chi connectivity index (χ4n) is 5.08. The minimum atomic E-state index is -2.54. The maximum Gasteiger partial charge on any atom is 0.500 e. The Balaban J connectivity index is 5.66. The van der Waals surface area contributed by atoms with Crippen LogP contribution in [0.4, 0.5) is 0 Å². The molecule has 170 valence electrons. The Morgan fingerprint density at radius 2 is 0.857 bits per heavy atom. The molecule has 4 nitrogen and oxygen atoms in total. The van der Waals surface area contributed by atoms with Crippen molar-refractivity contribution in [3.63, 3.8) is 0 Å². The van der Waals surface area contributed by atoms with Crippen molar-refractivity contribution in [1.29, 1.82) is 0 Å². The first-order valence-electron chi connectivity index (χ1n) is 12.1. The lowest BCUT2D eigenvalue weighted by Crippen LogP contribution is -2.66. The van der Waals surface area contributed by atoms with Gasteiger partial charge in [0.05, 0.1) is 0 Å². The minimum Gasteiger partial charge on any atom is -0.374 e. The molecule has 0 spiro atoms. The van der Waals surface area contributed by atoms with Crippen molar-refractivity contribution in [3.05, 3.63) is 0 Å². The van der Waals surface area contributed by atoms with E-state index in [0.717, 1.165) is 12.5 Å². The fourth-order valence-corrected chi connectivity index (χ4v) is 21.1. The Hall–Kier alpha value is 0.491. The second-order valence-electron chi connectivity index (χ2n) is 7.81. The molecule has 0 aliphatic carbocycles. The van der Waals surface area contributed by atoms with Crippen LogP contribution in [0.15, 0.2) is 0 Å². The van der Waals surface area contributed by atoms with Crippen LogP contribution in [0.1, 0.15) is 68.7 Å². The molecule has 0 N–H and O–H groups in total. The number of hydrogen-bond donors (Lipinski definition) is 0. The molecule has 0 saturated heterocycles. The van der Waals surface area contributed by atoms with Crippen molar-refractivity contribution in [2.75, 3.05) is 26.4 Å². The number of nitrogens with zero attached hydrogens (tertiary/aromatic N) is 1. The quantitative estimate of drug-likeness (QED) is 0.217. The van der Waals surface area contributed by atoms with E-state index in [0.29, 0.717) is 19.8 Å². The van der Waals surface area contributed by atoms with Crippen molar-refractivity contribution < 1.29 is 13.3 Å². The molecule has 0 heterocycles. The van der Waals surface area contributed by atoms with Crippen LogP contribution in [0.5, 0.6) is 0 Å². The molecule has 28 heavy (non-hydrogen) atoms. The van der Waals surface area contributed by atoms with Crippen molar-refractivity contribution >= 4 is 25.3 Å². The van der Waals surface area contributed by atoms with Gasteiger partial charge in [0.15, 0.2) is 0 Å². The van der Waals surface area contributed by atoms with Gasteiger partial charge >= 0.3 is 8.80 Å². The van der Waals surface area contributed by atoms with Crippen LogP contribution in [0.25, 0.3) is 0 Å². The SMILES string of the molecule is CCO[Si](CCCN([Si](CC)(CC)CC)[Si](CC)(CC)CC)(OCC)OCC. The highest BCUT2D eigenvalue weighted by Gasteiger charge is 2.46. The summed E-state index contributed by atoms with van der Waals surface area (Å²) in [5.74, 6) is 0. The van der Waals surface area contributed by atoms with Crippen LogP contribution in [-0.4, -0.2) is 55.9 Å². The molecular formula is C21H51NO3Si3. The zero-order chi connectivity index (χ0) is 21.7. The molecule has 0 fully saturated rings. The highest BCUT2D eigenvalue weighted by molar-refractivity contribution is 6.92. The van der Waals surface area contributed by atoms with E-state index in [-0.39, 0.29) is 0 Å². The lowest BCUT2D eigenvalue weighted by Gasteiger charge is -2.52. The first-order chi connectivity index (χ1) is 13.4. The predicted molar refractivity (Wildman–Crippen MR) is 131 cm³/mol. The molecular weight excluding hydrogens is 398 g/mol. The van der Waals surface area contributed by atoms with E-state index >= 15 is 0 Å². The predicted octanol–water partition coefficient (Wildman–Crippen LogP) is 6.74. The van der Waals surface area contributed by atoms with E-state index in [1.54, 1.807) is 0 Å². The molecule has 0 aromatic carbocycles. The minimum absolute atomic E-state index is 0.672. The summed E-state index contributed by atoms with van der Waals surface area (Å²) in [6, 6.07) is 9.19. The van der Waals surface area contributed by atoms with E-state index in [9.17, 15) is 0 Å². The Morgan fingerprint density at radius 1 is 0.536 bits per heavy atom. The van der Waals surface area contributed by atoms with Gasteiger partial charge in [-0.2, -0.15) is 0 Å². The second kappa shape index (κ2) is 14.5. The summed E-state index contributed by atoms with van der Waals surface area (Å²) in [7, 11) is -5.36. The van der Waals surface area contributed by atoms with Crippen LogP contribution in [0, 0.1) is 0 Å². The van der Waals surface area contributed by atoms with Crippen molar-refractivity contribution in [2.45, 2.75) is 111 Å². The van der Waals surface area contributed by atoms with Gasteiger partial charge in [0.25, 0.3) is 0 Å².